The number of amides is 1. The molecule has 1 heterocycles. The molecule has 0 aliphatic heterocycles. The van der Waals surface area contributed by atoms with Crippen LogP contribution >= 0.6 is 0 Å². The number of hydrazine groups is 1. The quantitative estimate of drug-likeness (QED) is 0.307. The Hall–Kier alpha value is -1.29. The average molecular weight is 153 g/mol. The van der Waals surface area contributed by atoms with E-state index in [-0.39, 0.29) is 5.91 Å². The Morgan fingerprint density at radius 1 is 1.64 bits per heavy atom. The van der Waals surface area contributed by atoms with Crippen LogP contribution in [0.3, 0.4) is 0 Å². The van der Waals surface area contributed by atoms with Gasteiger partial charge in [-0.05, 0) is 19.9 Å². The van der Waals surface area contributed by atoms with E-state index in [0.717, 1.165) is 11.4 Å². The number of hydrogen-bond acceptors (Lipinski definition) is 2. The van der Waals surface area contributed by atoms with E-state index in [9.17, 15) is 4.79 Å². The molecule has 0 aliphatic carbocycles. The van der Waals surface area contributed by atoms with Gasteiger partial charge >= 0.3 is 0 Å². The summed E-state index contributed by atoms with van der Waals surface area (Å²) in [7, 11) is 0. The first-order valence-electron chi connectivity index (χ1n) is 3.32. The molecule has 0 saturated heterocycles. The summed E-state index contributed by atoms with van der Waals surface area (Å²) in [5, 5.41) is 0. The number of carbonyl (C=O) groups excluding carboxylic acids is 1. The lowest BCUT2D eigenvalue weighted by Crippen LogP contribution is -2.30. The third kappa shape index (κ3) is 1.40. The summed E-state index contributed by atoms with van der Waals surface area (Å²) in [6.07, 6.45) is 0. The molecule has 0 atom stereocenters. The number of nitrogens with two attached hydrogens (primary N) is 1. The minimum absolute atomic E-state index is 0.258. The SMILES string of the molecule is Cc1cc(C(=O)NN)c(C)[nH]1. The monoisotopic (exact) mass is 153 g/mol. The average Bonchev–Trinajstić information content (AvgIpc) is 2.28. The van der Waals surface area contributed by atoms with E-state index in [1.807, 2.05) is 13.8 Å². The molecular weight excluding hydrogens is 142 g/mol. The Labute approximate surface area is 64.8 Å². The highest BCUT2D eigenvalue weighted by atomic mass is 16.2. The van der Waals surface area contributed by atoms with Crippen LogP contribution in [0, 0.1) is 13.8 Å². The molecule has 0 spiro atoms. The van der Waals surface area contributed by atoms with Gasteiger partial charge in [-0.3, -0.25) is 10.2 Å². The van der Waals surface area contributed by atoms with Crippen LogP contribution < -0.4 is 11.3 Å². The van der Waals surface area contributed by atoms with Crippen molar-refractivity contribution in [1.29, 1.82) is 0 Å². The molecule has 0 unspecified atom stereocenters. The van der Waals surface area contributed by atoms with Crippen LogP contribution in [0.5, 0.6) is 0 Å². The van der Waals surface area contributed by atoms with Gasteiger partial charge in [-0.15, -0.1) is 0 Å². The third-order valence-corrected chi connectivity index (χ3v) is 1.53. The predicted octanol–water partition coefficient (Wildman–Crippen LogP) is 0.235. The highest BCUT2D eigenvalue weighted by Gasteiger charge is 2.08. The van der Waals surface area contributed by atoms with Crippen molar-refractivity contribution in [2.24, 2.45) is 5.84 Å². The molecule has 4 N–H and O–H groups in total. The minimum atomic E-state index is -0.258. The first-order valence-corrected chi connectivity index (χ1v) is 3.32. The van der Waals surface area contributed by atoms with Gasteiger partial charge in [0.15, 0.2) is 0 Å². The molecule has 0 radical (unpaired) electrons. The molecule has 60 valence electrons. The second-order valence-corrected chi connectivity index (χ2v) is 2.46. The molecule has 0 fully saturated rings. The van der Waals surface area contributed by atoms with Crippen LogP contribution in [0.2, 0.25) is 0 Å². The van der Waals surface area contributed by atoms with Crippen molar-refractivity contribution in [2.75, 3.05) is 0 Å². The van der Waals surface area contributed by atoms with E-state index in [1.54, 1.807) is 6.07 Å². The molecule has 0 saturated carbocycles. The van der Waals surface area contributed by atoms with Crippen molar-refractivity contribution in [1.82, 2.24) is 10.4 Å². The Morgan fingerprint density at radius 3 is 2.64 bits per heavy atom. The van der Waals surface area contributed by atoms with Crippen LogP contribution in [0.15, 0.2) is 6.07 Å². The van der Waals surface area contributed by atoms with Gasteiger partial charge in [-0.25, -0.2) is 5.84 Å². The summed E-state index contributed by atoms with van der Waals surface area (Å²) in [6, 6.07) is 1.76. The maximum atomic E-state index is 11.0. The number of hydrogen-bond donors (Lipinski definition) is 3. The van der Waals surface area contributed by atoms with E-state index < -0.39 is 0 Å². The van der Waals surface area contributed by atoms with Gasteiger partial charge in [-0.2, -0.15) is 0 Å². The molecule has 0 aromatic carbocycles. The van der Waals surface area contributed by atoms with Crippen molar-refractivity contribution >= 4 is 5.91 Å². The molecule has 1 amide bonds. The summed E-state index contributed by atoms with van der Waals surface area (Å²) in [5.74, 6) is 4.71. The van der Waals surface area contributed by atoms with E-state index in [1.165, 1.54) is 0 Å². The summed E-state index contributed by atoms with van der Waals surface area (Å²) in [5.41, 5.74) is 4.48. The van der Waals surface area contributed by atoms with E-state index in [0.29, 0.717) is 5.56 Å². The molecule has 11 heavy (non-hydrogen) atoms. The Bertz CT molecular complexity index is 277. The Morgan fingerprint density at radius 2 is 2.27 bits per heavy atom. The van der Waals surface area contributed by atoms with Crippen LogP contribution in [0.25, 0.3) is 0 Å². The third-order valence-electron chi connectivity index (χ3n) is 1.53. The standard InChI is InChI=1S/C7H11N3O/c1-4-3-6(5(2)9-4)7(11)10-8/h3,9H,8H2,1-2H3,(H,10,11). The number of aromatic amines is 1. The largest absolute Gasteiger partial charge is 0.362 e. The number of rotatable bonds is 1. The summed E-state index contributed by atoms with van der Waals surface area (Å²) >= 11 is 0. The number of aromatic nitrogens is 1. The van der Waals surface area contributed by atoms with Gasteiger partial charge in [0.1, 0.15) is 0 Å². The molecule has 4 nitrogen and oxygen atoms in total. The summed E-state index contributed by atoms with van der Waals surface area (Å²) in [6.45, 7) is 3.72. The molecule has 4 heteroatoms. The van der Waals surface area contributed by atoms with Crippen molar-refractivity contribution in [3.8, 4) is 0 Å². The smallest absolute Gasteiger partial charge is 0.266 e. The molecule has 1 aromatic heterocycles. The topological polar surface area (TPSA) is 70.9 Å². The van der Waals surface area contributed by atoms with Crippen LogP contribution in [0.4, 0.5) is 0 Å². The maximum Gasteiger partial charge on any atom is 0.266 e. The molecule has 0 aliphatic rings. The minimum Gasteiger partial charge on any atom is -0.362 e. The van der Waals surface area contributed by atoms with Crippen molar-refractivity contribution in [3.05, 3.63) is 23.0 Å². The van der Waals surface area contributed by atoms with E-state index in [2.05, 4.69) is 10.4 Å². The first-order chi connectivity index (χ1) is 5.15. The highest BCUT2D eigenvalue weighted by Crippen LogP contribution is 2.07. The van der Waals surface area contributed by atoms with Crippen molar-refractivity contribution < 1.29 is 4.79 Å². The fourth-order valence-corrected chi connectivity index (χ4v) is 1.04. The number of nitrogen functional groups attached to an aromatic ring is 1. The second-order valence-electron chi connectivity index (χ2n) is 2.46. The Kier molecular flexibility index (Phi) is 1.96. The van der Waals surface area contributed by atoms with Gasteiger partial charge in [0.05, 0.1) is 5.56 Å². The molecule has 1 rings (SSSR count). The number of nitrogens with one attached hydrogen (secondary N) is 2. The highest BCUT2D eigenvalue weighted by molar-refractivity contribution is 5.95. The van der Waals surface area contributed by atoms with Gasteiger partial charge in [0.25, 0.3) is 5.91 Å². The van der Waals surface area contributed by atoms with Gasteiger partial charge in [0, 0.05) is 11.4 Å². The number of H-pyrrole nitrogens is 1. The number of carbonyl (C=O) groups is 1. The zero-order chi connectivity index (χ0) is 8.43. The lowest BCUT2D eigenvalue weighted by molar-refractivity contribution is 0.0953. The Balaban J connectivity index is 3.03. The summed E-state index contributed by atoms with van der Waals surface area (Å²) < 4.78 is 0. The number of aryl methyl sites for hydroxylation is 2. The van der Waals surface area contributed by atoms with Crippen LogP contribution in [-0.4, -0.2) is 10.9 Å². The van der Waals surface area contributed by atoms with Gasteiger partial charge < -0.3 is 4.98 Å². The fraction of sp³-hybridized carbons (Fsp3) is 0.286. The van der Waals surface area contributed by atoms with Gasteiger partial charge in [-0.1, -0.05) is 0 Å². The van der Waals surface area contributed by atoms with Crippen LogP contribution in [-0.2, 0) is 0 Å². The molecule has 1 aromatic rings. The predicted molar refractivity (Wildman–Crippen MR) is 41.9 cm³/mol. The zero-order valence-corrected chi connectivity index (χ0v) is 6.56. The second kappa shape index (κ2) is 2.75. The lowest BCUT2D eigenvalue weighted by atomic mass is 10.2. The van der Waals surface area contributed by atoms with Crippen molar-refractivity contribution in [2.45, 2.75) is 13.8 Å². The first kappa shape index (κ1) is 7.81. The van der Waals surface area contributed by atoms with Gasteiger partial charge in [0.2, 0.25) is 0 Å². The lowest BCUT2D eigenvalue weighted by Gasteiger charge is -1.95. The normalized spacial score (nSPS) is 9.73. The van der Waals surface area contributed by atoms with Crippen molar-refractivity contribution in [3.63, 3.8) is 0 Å². The van der Waals surface area contributed by atoms with Crippen LogP contribution in [0.1, 0.15) is 21.7 Å². The van der Waals surface area contributed by atoms with E-state index >= 15 is 0 Å². The maximum absolute atomic E-state index is 11.0. The zero-order valence-electron chi connectivity index (χ0n) is 6.56. The summed E-state index contributed by atoms with van der Waals surface area (Å²) in [4.78, 5) is 14.0. The van der Waals surface area contributed by atoms with E-state index in [4.69, 9.17) is 5.84 Å². The molecular formula is C7H11N3O. The fourth-order valence-electron chi connectivity index (χ4n) is 1.04. The molecule has 0 bridgehead atoms.